The van der Waals surface area contributed by atoms with Crippen LogP contribution in [0.1, 0.15) is 36.8 Å². The summed E-state index contributed by atoms with van der Waals surface area (Å²) < 4.78 is 5.53. The highest BCUT2D eigenvalue weighted by Gasteiger charge is 2.30. The summed E-state index contributed by atoms with van der Waals surface area (Å²) in [5, 5.41) is 3.30. The number of hydrogen-bond acceptors (Lipinski definition) is 3. The summed E-state index contributed by atoms with van der Waals surface area (Å²) in [7, 11) is 0. The molecule has 1 aliphatic heterocycles. The van der Waals surface area contributed by atoms with E-state index in [1.807, 2.05) is 37.3 Å². The number of hydrogen-bond donors (Lipinski definition) is 1. The van der Waals surface area contributed by atoms with Crippen molar-refractivity contribution in [2.45, 2.75) is 25.7 Å². The molecule has 21 heavy (non-hydrogen) atoms. The third kappa shape index (κ3) is 2.54. The molecule has 1 atom stereocenters. The lowest BCUT2D eigenvalue weighted by Gasteiger charge is -2.19. The highest BCUT2D eigenvalue weighted by Crippen LogP contribution is 2.33. The maximum Gasteiger partial charge on any atom is 0.234 e. The maximum atomic E-state index is 12.0. The molecule has 4 heteroatoms. The first-order valence-corrected chi connectivity index (χ1v) is 6.91. The Morgan fingerprint density at radius 1 is 1.38 bits per heavy atom. The second-order valence-electron chi connectivity index (χ2n) is 5.05. The minimum absolute atomic E-state index is 0.208. The maximum absolute atomic E-state index is 12.0. The molecule has 2 heterocycles. The predicted octanol–water partition coefficient (Wildman–Crippen LogP) is 3.14. The van der Waals surface area contributed by atoms with E-state index in [4.69, 9.17) is 4.42 Å². The number of carbonyl (C=O) groups is 2. The molecule has 1 fully saturated rings. The van der Waals surface area contributed by atoms with Gasteiger partial charge >= 0.3 is 0 Å². The number of fused-ring (bicyclic) bond motifs is 1. The third-order valence-corrected chi connectivity index (χ3v) is 3.66. The average Bonchev–Trinajstić information content (AvgIpc) is 2.88. The van der Waals surface area contributed by atoms with Crippen LogP contribution in [0.3, 0.4) is 0 Å². The minimum Gasteiger partial charge on any atom is -0.464 e. The van der Waals surface area contributed by atoms with Crippen molar-refractivity contribution in [3.05, 3.63) is 47.4 Å². The van der Waals surface area contributed by atoms with Crippen LogP contribution in [0.25, 0.3) is 17.0 Å². The lowest BCUT2D eigenvalue weighted by Crippen LogP contribution is -2.39. The number of nitrogens with one attached hydrogen (secondary N) is 1. The molecule has 0 saturated carbocycles. The van der Waals surface area contributed by atoms with E-state index in [1.165, 1.54) is 0 Å². The van der Waals surface area contributed by atoms with Crippen LogP contribution in [0, 0.1) is 0 Å². The van der Waals surface area contributed by atoms with Gasteiger partial charge in [0.1, 0.15) is 5.58 Å². The number of allylic oxidation sites excluding steroid dienone is 1. The van der Waals surface area contributed by atoms with E-state index < -0.39 is 0 Å². The van der Waals surface area contributed by atoms with Gasteiger partial charge in [0.15, 0.2) is 0 Å². The Labute approximate surface area is 122 Å². The minimum atomic E-state index is -0.329. The summed E-state index contributed by atoms with van der Waals surface area (Å²) in [4.78, 5) is 23.3. The van der Waals surface area contributed by atoms with Crippen LogP contribution in [-0.4, -0.2) is 11.8 Å². The molecule has 3 rings (SSSR count). The molecule has 1 aromatic heterocycles. The Morgan fingerprint density at radius 3 is 3.00 bits per heavy atom. The summed E-state index contributed by atoms with van der Waals surface area (Å²) in [6.45, 7) is 1.90. The number of rotatable bonds is 2. The summed E-state index contributed by atoms with van der Waals surface area (Å²) in [6, 6.07) is 5.80. The standard InChI is InChI=1S/C17H15NO3/c1-2-3-4-11-5-7-15-13(9-11)14(10-21-15)12-6-8-16(19)18-17(12)20/h2,4-5,7,9-10,12H,6,8H2,1H3,(H,18,19,20). The zero-order valence-electron chi connectivity index (χ0n) is 11.7. The highest BCUT2D eigenvalue weighted by atomic mass is 16.3. The molecular weight excluding hydrogens is 266 g/mol. The molecule has 1 aliphatic rings. The van der Waals surface area contributed by atoms with Crippen LogP contribution in [0.5, 0.6) is 0 Å². The van der Waals surface area contributed by atoms with Gasteiger partial charge in [-0.25, -0.2) is 0 Å². The normalized spacial score (nSPS) is 18.2. The third-order valence-electron chi connectivity index (χ3n) is 3.66. The topological polar surface area (TPSA) is 59.3 Å². The van der Waals surface area contributed by atoms with Crippen molar-refractivity contribution in [2.75, 3.05) is 0 Å². The van der Waals surface area contributed by atoms with E-state index in [1.54, 1.807) is 6.26 Å². The van der Waals surface area contributed by atoms with Crippen LogP contribution >= 0.6 is 0 Å². The number of furan rings is 1. The highest BCUT2D eigenvalue weighted by molar-refractivity contribution is 6.02. The van der Waals surface area contributed by atoms with Gasteiger partial charge in [-0.15, -0.1) is 5.73 Å². The molecule has 1 saturated heterocycles. The molecule has 1 aromatic carbocycles. The van der Waals surface area contributed by atoms with E-state index in [-0.39, 0.29) is 17.7 Å². The second kappa shape index (κ2) is 5.43. The molecule has 106 valence electrons. The Balaban J connectivity index is 2.04. The van der Waals surface area contributed by atoms with E-state index in [2.05, 4.69) is 11.0 Å². The average molecular weight is 281 g/mol. The van der Waals surface area contributed by atoms with Gasteiger partial charge in [0.05, 0.1) is 12.2 Å². The van der Waals surface area contributed by atoms with Crippen molar-refractivity contribution in [3.63, 3.8) is 0 Å². The van der Waals surface area contributed by atoms with E-state index in [9.17, 15) is 9.59 Å². The van der Waals surface area contributed by atoms with Crippen molar-refractivity contribution in [2.24, 2.45) is 0 Å². The first-order chi connectivity index (χ1) is 10.2. The van der Waals surface area contributed by atoms with Gasteiger partial charge < -0.3 is 4.42 Å². The van der Waals surface area contributed by atoms with Crippen molar-refractivity contribution < 1.29 is 14.0 Å². The van der Waals surface area contributed by atoms with Gasteiger partial charge in [0.25, 0.3) is 0 Å². The van der Waals surface area contributed by atoms with Crippen LogP contribution in [0.4, 0.5) is 0 Å². The number of piperidine rings is 1. The van der Waals surface area contributed by atoms with E-state index in [0.29, 0.717) is 12.8 Å². The van der Waals surface area contributed by atoms with Gasteiger partial charge in [0.2, 0.25) is 11.8 Å². The summed E-state index contributed by atoms with van der Waals surface area (Å²) in [5.41, 5.74) is 5.61. The number of amides is 2. The molecule has 0 spiro atoms. The summed E-state index contributed by atoms with van der Waals surface area (Å²) in [6.07, 6.45) is 6.21. The fourth-order valence-corrected chi connectivity index (χ4v) is 2.60. The molecule has 0 aliphatic carbocycles. The van der Waals surface area contributed by atoms with Crippen LogP contribution in [0.15, 0.2) is 40.7 Å². The van der Waals surface area contributed by atoms with Gasteiger partial charge in [-0.1, -0.05) is 6.07 Å². The SMILES string of the molecule is CC=C=Cc1ccc2occ(C3CCC(=O)NC3=O)c2c1. The monoisotopic (exact) mass is 281 g/mol. The van der Waals surface area contributed by atoms with E-state index >= 15 is 0 Å². The van der Waals surface area contributed by atoms with Crippen LogP contribution in [0.2, 0.25) is 0 Å². The van der Waals surface area contributed by atoms with Gasteiger partial charge in [-0.3, -0.25) is 14.9 Å². The molecule has 0 bridgehead atoms. The Bertz CT molecular complexity index is 778. The summed E-state index contributed by atoms with van der Waals surface area (Å²) >= 11 is 0. The number of imide groups is 1. The second-order valence-corrected chi connectivity index (χ2v) is 5.05. The van der Waals surface area contributed by atoms with E-state index in [0.717, 1.165) is 22.1 Å². The lowest BCUT2D eigenvalue weighted by molar-refractivity contribution is -0.134. The van der Waals surface area contributed by atoms with Gasteiger partial charge in [0, 0.05) is 17.4 Å². The fourth-order valence-electron chi connectivity index (χ4n) is 2.60. The molecule has 1 unspecified atom stereocenters. The van der Waals surface area contributed by atoms with Crippen molar-refractivity contribution in [3.8, 4) is 0 Å². The van der Waals surface area contributed by atoms with Crippen molar-refractivity contribution in [1.82, 2.24) is 5.32 Å². The lowest BCUT2D eigenvalue weighted by atomic mass is 9.90. The Hall–Kier alpha value is -2.58. The fraction of sp³-hybridized carbons (Fsp3) is 0.235. The largest absolute Gasteiger partial charge is 0.464 e. The molecular formula is C17H15NO3. The van der Waals surface area contributed by atoms with Crippen molar-refractivity contribution in [1.29, 1.82) is 0 Å². The predicted molar refractivity (Wildman–Crippen MR) is 79.6 cm³/mol. The van der Waals surface area contributed by atoms with Crippen LogP contribution < -0.4 is 5.32 Å². The Morgan fingerprint density at radius 2 is 2.24 bits per heavy atom. The van der Waals surface area contributed by atoms with Gasteiger partial charge in [-0.05, 0) is 43.2 Å². The number of benzene rings is 1. The molecule has 4 nitrogen and oxygen atoms in total. The Kier molecular flexibility index (Phi) is 3.46. The van der Waals surface area contributed by atoms with Gasteiger partial charge in [-0.2, -0.15) is 0 Å². The molecule has 2 amide bonds. The first-order valence-electron chi connectivity index (χ1n) is 6.91. The van der Waals surface area contributed by atoms with Crippen LogP contribution in [-0.2, 0) is 9.59 Å². The van der Waals surface area contributed by atoms with Crippen molar-refractivity contribution >= 4 is 28.9 Å². The first kappa shape index (κ1) is 13.4. The quantitative estimate of drug-likeness (QED) is 0.679. The molecule has 1 N–H and O–H groups in total. The molecule has 2 aromatic rings. The molecule has 0 radical (unpaired) electrons. The number of carbonyl (C=O) groups excluding carboxylic acids is 2. The zero-order valence-corrected chi connectivity index (χ0v) is 11.7. The zero-order chi connectivity index (χ0) is 14.8. The smallest absolute Gasteiger partial charge is 0.234 e. The summed E-state index contributed by atoms with van der Waals surface area (Å²) in [5.74, 6) is -0.783.